The molecule has 98 valence electrons. The highest BCUT2D eigenvalue weighted by molar-refractivity contribution is 5.37. The zero-order valence-corrected chi connectivity index (χ0v) is 10.6. The van der Waals surface area contributed by atoms with Crippen LogP contribution in [-0.4, -0.2) is 30.4 Å². The molecule has 0 spiro atoms. The SMILES string of the molecule is OC(CC1CCOc2ccccc21)C1CCCN1. The van der Waals surface area contributed by atoms with Crippen molar-refractivity contribution in [1.29, 1.82) is 0 Å². The van der Waals surface area contributed by atoms with Crippen LogP contribution in [0.25, 0.3) is 0 Å². The Balaban J connectivity index is 1.70. The molecule has 18 heavy (non-hydrogen) atoms. The Morgan fingerprint density at radius 1 is 1.33 bits per heavy atom. The number of hydrogen-bond acceptors (Lipinski definition) is 3. The van der Waals surface area contributed by atoms with E-state index in [1.54, 1.807) is 0 Å². The van der Waals surface area contributed by atoms with Gasteiger partial charge in [-0.1, -0.05) is 18.2 Å². The maximum Gasteiger partial charge on any atom is 0.122 e. The molecule has 0 aliphatic carbocycles. The molecule has 0 bridgehead atoms. The fourth-order valence-corrected chi connectivity index (χ4v) is 3.16. The molecule has 2 N–H and O–H groups in total. The van der Waals surface area contributed by atoms with Crippen molar-refractivity contribution < 1.29 is 9.84 Å². The van der Waals surface area contributed by atoms with Gasteiger partial charge in [-0.15, -0.1) is 0 Å². The summed E-state index contributed by atoms with van der Waals surface area (Å²) in [5.74, 6) is 1.44. The molecule has 0 amide bonds. The third-order valence-corrected chi connectivity index (χ3v) is 4.17. The second-order valence-electron chi connectivity index (χ2n) is 5.38. The van der Waals surface area contributed by atoms with Crippen LogP contribution in [0.5, 0.6) is 5.75 Å². The monoisotopic (exact) mass is 247 g/mol. The molecular weight excluding hydrogens is 226 g/mol. The lowest BCUT2D eigenvalue weighted by molar-refractivity contribution is 0.110. The summed E-state index contributed by atoms with van der Waals surface area (Å²) in [6.07, 6.45) is 3.92. The molecule has 2 aliphatic heterocycles. The first-order valence-electron chi connectivity index (χ1n) is 6.98. The number of para-hydroxylation sites is 1. The second-order valence-corrected chi connectivity index (χ2v) is 5.38. The number of ether oxygens (including phenoxy) is 1. The van der Waals surface area contributed by atoms with Gasteiger partial charge in [-0.05, 0) is 49.8 Å². The van der Waals surface area contributed by atoms with E-state index in [-0.39, 0.29) is 6.10 Å². The summed E-state index contributed by atoms with van der Waals surface area (Å²) in [5, 5.41) is 13.7. The lowest BCUT2D eigenvalue weighted by atomic mass is 9.86. The summed E-state index contributed by atoms with van der Waals surface area (Å²) in [6, 6.07) is 8.52. The molecule has 0 saturated carbocycles. The molecule has 0 radical (unpaired) electrons. The van der Waals surface area contributed by atoms with Crippen molar-refractivity contribution in [3.8, 4) is 5.75 Å². The van der Waals surface area contributed by atoms with Crippen molar-refractivity contribution in [3.63, 3.8) is 0 Å². The van der Waals surface area contributed by atoms with Gasteiger partial charge in [0.25, 0.3) is 0 Å². The Hall–Kier alpha value is -1.06. The second kappa shape index (κ2) is 5.29. The Labute approximate surface area is 108 Å². The average Bonchev–Trinajstić information content (AvgIpc) is 2.93. The topological polar surface area (TPSA) is 41.5 Å². The summed E-state index contributed by atoms with van der Waals surface area (Å²) in [7, 11) is 0. The van der Waals surface area contributed by atoms with Gasteiger partial charge in [-0.2, -0.15) is 0 Å². The van der Waals surface area contributed by atoms with Crippen LogP contribution >= 0.6 is 0 Å². The summed E-state index contributed by atoms with van der Waals surface area (Å²) in [5.41, 5.74) is 1.26. The summed E-state index contributed by atoms with van der Waals surface area (Å²) < 4.78 is 5.66. The minimum Gasteiger partial charge on any atom is -0.493 e. The summed E-state index contributed by atoms with van der Waals surface area (Å²) in [4.78, 5) is 0. The van der Waals surface area contributed by atoms with Gasteiger partial charge in [0.15, 0.2) is 0 Å². The van der Waals surface area contributed by atoms with E-state index in [2.05, 4.69) is 17.4 Å². The van der Waals surface area contributed by atoms with E-state index in [0.29, 0.717) is 12.0 Å². The average molecular weight is 247 g/mol. The third-order valence-electron chi connectivity index (χ3n) is 4.17. The number of fused-ring (bicyclic) bond motifs is 1. The molecule has 2 aliphatic rings. The van der Waals surface area contributed by atoms with Crippen LogP contribution in [0, 0.1) is 0 Å². The molecule has 1 saturated heterocycles. The standard InChI is InChI=1S/C15H21NO2/c17-14(13-5-3-8-16-13)10-11-7-9-18-15-6-2-1-4-12(11)15/h1-2,4,6,11,13-14,16-17H,3,5,7-10H2. The smallest absolute Gasteiger partial charge is 0.122 e. The van der Waals surface area contributed by atoms with Crippen molar-refractivity contribution in [2.24, 2.45) is 0 Å². The third kappa shape index (κ3) is 2.38. The van der Waals surface area contributed by atoms with E-state index >= 15 is 0 Å². The van der Waals surface area contributed by atoms with Crippen molar-refractivity contribution in [3.05, 3.63) is 29.8 Å². The largest absolute Gasteiger partial charge is 0.493 e. The first-order valence-corrected chi connectivity index (χ1v) is 6.98. The molecule has 3 atom stereocenters. The highest BCUT2D eigenvalue weighted by atomic mass is 16.5. The van der Waals surface area contributed by atoms with Crippen LogP contribution in [-0.2, 0) is 0 Å². The van der Waals surface area contributed by atoms with Crippen LogP contribution in [0.15, 0.2) is 24.3 Å². The van der Waals surface area contributed by atoms with Crippen molar-refractivity contribution in [1.82, 2.24) is 5.32 Å². The minimum absolute atomic E-state index is 0.233. The van der Waals surface area contributed by atoms with Gasteiger partial charge < -0.3 is 15.2 Å². The van der Waals surface area contributed by atoms with E-state index in [0.717, 1.165) is 38.2 Å². The van der Waals surface area contributed by atoms with Crippen molar-refractivity contribution in [2.75, 3.05) is 13.2 Å². The lowest BCUT2D eigenvalue weighted by Crippen LogP contribution is -2.36. The molecule has 1 aromatic rings. The van der Waals surface area contributed by atoms with E-state index in [1.807, 2.05) is 12.1 Å². The Morgan fingerprint density at radius 2 is 2.22 bits per heavy atom. The normalized spacial score (nSPS) is 28.5. The molecule has 3 nitrogen and oxygen atoms in total. The maximum atomic E-state index is 10.3. The van der Waals surface area contributed by atoms with Crippen LogP contribution in [0.4, 0.5) is 0 Å². The molecule has 1 fully saturated rings. The number of aliphatic hydroxyl groups excluding tert-OH is 1. The fourth-order valence-electron chi connectivity index (χ4n) is 3.16. The molecule has 3 heteroatoms. The number of rotatable bonds is 3. The van der Waals surface area contributed by atoms with E-state index in [1.165, 1.54) is 12.0 Å². The summed E-state index contributed by atoms with van der Waals surface area (Å²) in [6.45, 7) is 1.82. The minimum atomic E-state index is -0.233. The fraction of sp³-hybridized carbons (Fsp3) is 0.600. The van der Waals surface area contributed by atoms with Crippen molar-refractivity contribution >= 4 is 0 Å². The van der Waals surface area contributed by atoms with Gasteiger partial charge in [0.05, 0.1) is 12.7 Å². The first-order chi connectivity index (χ1) is 8.84. The van der Waals surface area contributed by atoms with Gasteiger partial charge in [-0.3, -0.25) is 0 Å². The van der Waals surface area contributed by atoms with Gasteiger partial charge in [-0.25, -0.2) is 0 Å². The van der Waals surface area contributed by atoms with Gasteiger partial charge >= 0.3 is 0 Å². The van der Waals surface area contributed by atoms with Gasteiger partial charge in [0.2, 0.25) is 0 Å². The molecule has 1 aromatic carbocycles. The lowest BCUT2D eigenvalue weighted by Gasteiger charge is -2.29. The summed E-state index contributed by atoms with van der Waals surface area (Å²) >= 11 is 0. The van der Waals surface area contributed by atoms with Gasteiger partial charge in [0.1, 0.15) is 5.75 Å². The zero-order valence-electron chi connectivity index (χ0n) is 10.6. The number of hydrogen-bond donors (Lipinski definition) is 2. The predicted octanol–water partition coefficient (Wildman–Crippen LogP) is 2.06. The van der Waals surface area contributed by atoms with Crippen LogP contribution in [0.3, 0.4) is 0 Å². The maximum absolute atomic E-state index is 10.3. The molecular formula is C15H21NO2. The number of benzene rings is 1. The van der Waals surface area contributed by atoms with Crippen LogP contribution in [0.2, 0.25) is 0 Å². The molecule has 2 heterocycles. The first kappa shape index (κ1) is 12.0. The van der Waals surface area contributed by atoms with Crippen molar-refractivity contribution in [2.45, 2.75) is 43.7 Å². The molecule has 3 rings (SSSR count). The van der Waals surface area contributed by atoms with Crippen LogP contribution < -0.4 is 10.1 Å². The number of aliphatic hydroxyl groups is 1. The molecule has 0 aromatic heterocycles. The highest BCUT2D eigenvalue weighted by Crippen LogP contribution is 2.36. The quantitative estimate of drug-likeness (QED) is 0.859. The Bertz CT molecular complexity index is 401. The van der Waals surface area contributed by atoms with Gasteiger partial charge in [0, 0.05) is 6.04 Å². The number of nitrogens with one attached hydrogen (secondary N) is 1. The van der Waals surface area contributed by atoms with Crippen LogP contribution in [0.1, 0.15) is 37.2 Å². The molecule has 3 unspecified atom stereocenters. The van der Waals surface area contributed by atoms with E-state index in [4.69, 9.17) is 4.74 Å². The predicted molar refractivity (Wildman–Crippen MR) is 70.9 cm³/mol. The highest BCUT2D eigenvalue weighted by Gasteiger charge is 2.28. The Kier molecular flexibility index (Phi) is 3.52. The Morgan fingerprint density at radius 3 is 3.06 bits per heavy atom. The van der Waals surface area contributed by atoms with E-state index in [9.17, 15) is 5.11 Å². The zero-order chi connectivity index (χ0) is 12.4. The van der Waals surface area contributed by atoms with E-state index < -0.39 is 0 Å².